The zero-order valence-corrected chi connectivity index (χ0v) is 22.9. The van der Waals surface area contributed by atoms with E-state index in [-0.39, 0.29) is 5.41 Å². The summed E-state index contributed by atoms with van der Waals surface area (Å²) < 4.78 is 8.93. The van der Waals surface area contributed by atoms with Crippen LogP contribution in [0.15, 0.2) is 59.9 Å². The monoisotopic (exact) mass is 543 g/mol. The Bertz CT molecular complexity index is 1450. The molecule has 2 saturated heterocycles. The van der Waals surface area contributed by atoms with Crippen LogP contribution in [0.1, 0.15) is 24.8 Å². The van der Waals surface area contributed by atoms with Crippen LogP contribution in [0.25, 0.3) is 5.65 Å². The van der Waals surface area contributed by atoms with E-state index >= 15 is 0 Å². The Kier molecular flexibility index (Phi) is 7.41. The number of nitrogens with one attached hydrogen (secondary N) is 2. The summed E-state index contributed by atoms with van der Waals surface area (Å²) in [6, 6.07) is 15.8. The lowest BCUT2D eigenvalue weighted by atomic mass is 9.71. The van der Waals surface area contributed by atoms with E-state index in [1.165, 1.54) is 10.5 Å². The fourth-order valence-electron chi connectivity index (χ4n) is 5.45. The number of ether oxygens (including phenoxy) is 1. The third-order valence-electron chi connectivity index (χ3n) is 7.82. The molecule has 0 radical (unpaired) electrons. The number of rotatable bonds is 10. The average molecular weight is 544 g/mol. The second-order valence-electron chi connectivity index (χ2n) is 10.2. The molecule has 3 aromatic heterocycles. The second-order valence-corrected chi connectivity index (χ2v) is 11.1. The minimum absolute atomic E-state index is 0.116. The van der Waals surface area contributed by atoms with Crippen LogP contribution >= 0.6 is 11.8 Å². The number of pyridine rings is 1. The standard InChI is InChI=1S/C28H33N9OS/c1-39-24-6-4-21(5-7-24)28(8-11-29)9-14-35(15-10-28)25-3-2-13-37-26(25)33-27(34-37)32-22-17-31-36(18-22)16-12-30-23-19-38-20-23/h2-7,13,17-18,23,30H,8-10,12,14-16,19-20H2,1H3,(H,32,34). The van der Waals surface area contributed by atoms with Crippen molar-refractivity contribution in [3.05, 3.63) is 60.6 Å². The van der Waals surface area contributed by atoms with Gasteiger partial charge in [-0.2, -0.15) is 15.3 Å². The van der Waals surface area contributed by atoms with Crippen molar-refractivity contribution in [2.24, 2.45) is 0 Å². The van der Waals surface area contributed by atoms with Gasteiger partial charge in [-0.3, -0.25) is 4.68 Å². The van der Waals surface area contributed by atoms with Gasteiger partial charge in [-0.15, -0.1) is 16.9 Å². The highest BCUT2D eigenvalue weighted by molar-refractivity contribution is 7.98. The molecule has 0 amide bonds. The maximum absolute atomic E-state index is 9.66. The molecule has 0 atom stereocenters. The molecule has 6 rings (SSSR count). The summed E-state index contributed by atoms with van der Waals surface area (Å²) in [5.41, 5.74) is 3.88. The van der Waals surface area contributed by atoms with Crippen molar-refractivity contribution in [3.63, 3.8) is 0 Å². The fraction of sp³-hybridized carbons (Fsp3) is 0.429. The van der Waals surface area contributed by atoms with Gasteiger partial charge in [0.15, 0.2) is 5.65 Å². The van der Waals surface area contributed by atoms with Gasteiger partial charge in [0.1, 0.15) is 0 Å². The van der Waals surface area contributed by atoms with Crippen LogP contribution < -0.4 is 15.5 Å². The van der Waals surface area contributed by atoms with E-state index in [9.17, 15) is 5.26 Å². The van der Waals surface area contributed by atoms with E-state index in [1.54, 1.807) is 18.0 Å². The molecule has 0 unspecified atom stereocenters. The SMILES string of the molecule is CSc1ccc(C2(CC#N)CCN(c3cccn4nc(Nc5cnn(CCNC6COC6)c5)nc34)CC2)cc1. The first-order valence-corrected chi connectivity index (χ1v) is 14.6. The molecule has 11 heteroatoms. The summed E-state index contributed by atoms with van der Waals surface area (Å²) in [6.07, 6.45) is 10.1. The Morgan fingerprint density at radius 1 is 1.18 bits per heavy atom. The maximum Gasteiger partial charge on any atom is 0.247 e. The fourth-order valence-corrected chi connectivity index (χ4v) is 5.86. The first kappa shape index (κ1) is 25.7. The molecule has 1 aromatic carbocycles. The number of hydrogen-bond acceptors (Lipinski definition) is 9. The van der Waals surface area contributed by atoms with Crippen molar-refractivity contribution in [1.29, 1.82) is 5.26 Å². The van der Waals surface area contributed by atoms with Crippen LogP contribution in [-0.2, 0) is 16.7 Å². The van der Waals surface area contributed by atoms with E-state index in [1.807, 2.05) is 27.7 Å². The molecule has 5 heterocycles. The van der Waals surface area contributed by atoms with Crippen LogP contribution in [0.4, 0.5) is 17.3 Å². The number of thioether (sulfide) groups is 1. The third kappa shape index (κ3) is 5.45. The summed E-state index contributed by atoms with van der Waals surface area (Å²) in [7, 11) is 0. The smallest absolute Gasteiger partial charge is 0.247 e. The number of fused-ring (bicyclic) bond motifs is 1. The Morgan fingerprint density at radius 3 is 2.72 bits per heavy atom. The normalized spacial score (nSPS) is 17.2. The average Bonchev–Trinajstić information content (AvgIpc) is 3.57. The Hall–Kier alpha value is -3.59. The lowest BCUT2D eigenvalue weighted by Gasteiger charge is -2.42. The number of piperidine rings is 1. The molecular weight excluding hydrogens is 510 g/mol. The van der Waals surface area contributed by atoms with Gasteiger partial charge in [0.25, 0.3) is 0 Å². The first-order valence-electron chi connectivity index (χ1n) is 13.4. The Morgan fingerprint density at radius 2 is 2.00 bits per heavy atom. The van der Waals surface area contributed by atoms with Crippen LogP contribution in [-0.4, -0.2) is 69.5 Å². The van der Waals surface area contributed by atoms with E-state index in [0.29, 0.717) is 18.4 Å². The molecule has 39 heavy (non-hydrogen) atoms. The molecular formula is C28H33N9OS. The molecule has 4 aromatic rings. The van der Waals surface area contributed by atoms with Crippen molar-refractivity contribution in [2.45, 2.75) is 42.2 Å². The summed E-state index contributed by atoms with van der Waals surface area (Å²) in [5, 5.41) is 25.5. The van der Waals surface area contributed by atoms with Gasteiger partial charge in [-0.05, 0) is 48.9 Å². The number of nitriles is 1. The van der Waals surface area contributed by atoms with Gasteiger partial charge in [0.05, 0.1) is 49.4 Å². The summed E-state index contributed by atoms with van der Waals surface area (Å²) >= 11 is 1.74. The predicted octanol–water partition coefficient (Wildman–Crippen LogP) is 3.83. The topological polar surface area (TPSA) is 108 Å². The van der Waals surface area contributed by atoms with Crippen molar-refractivity contribution < 1.29 is 4.74 Å². The number of nitrogens with zero attached hydrogens (tertiary/aromatic N) is 7. The molecule has 2 fully saturated rings. The molecule has 0 aliphatic carbocycles. The van der Waals surface area contributed by atoms with Gasteiger partial charge >= 0.3 is 0 Å². The molecule has 0 saturated carbocycles. The number of benzene rings is 1. The lowest BCUT2D eigenvalue weighted by molar-refractivity contribution is -0.00523. The highest BCUT2D eigenvalue weighted by atomic mass is 32.2. The van der Waals surface area contributed by atoms with Crippen LogP contribution in [0.2, 0.25) is 0 Å². The quantitative estimate of drug-likeness (QED) is 0.289. The summed E-state index contributed by atoms with van der Waals surface area (Å²) in [6.45, 7) is 4.92. The number of anilines is 3. The highest BCUT2D eigenvalue weighted by Crippen LogP contribution is 2.40. The van der Waals surface area contributed by atoms with Crippen molar-refractivity contribution >= 4 is 34.7 Å². The maximum atomic E-state index is 9.66. The molecule has 10 nitrogen and oxygen atoms in total. The van der Waals surface area contributed by atoms with Gasteiger partial charge < -0.3 is 20.3 Å². The minimum Gasteiger partial charge on any atom is -0.378 e. The van der Waals surface area contributed by atoms with E-state index < -0.39 is 0 Å². The molecule has 2 aliphatic heterocycles. The molecule has 202 valence electrons. The third-order valence-corrected chi connectivity index (χ3v) is 8.57. The minimum atomic E-state index is -0.116. The zero-order valence-electron chi connectivity index (χ0n) is 22.1. The lowest BCUT2D eigenvalue weighted by Crippen LogP contribution is -2.46. The van der Waals surface area contributed by atoms with Crippen LogP contribution in [0, 0.1) is 11.3 Å². The summed E-state index contributed by atoms with van der Waals surface area (Å²) in [4.78, 5) is 8.45. The largest absolute Gasteiger partial charge is 0.378 e. The Balaban J connectivity index is 1.13. The van der Waals surface area contributed by atoms with Gasteiger partial charge in [-0.1, -0.05) is 12.1 Å². The zero-order chi connectivity index (χ0) is 26.7. The van der Waals surface area contributed by atoms with Crippen molar-refractivity contribution in [3.8, 4) is 6.07 Å². The van der Waals surface area contributed by atoms with E-state index in [0.717, 1.165) is 69.3 Å². The van der Waals surface area contributed by atoms with Crippen LogP contribution in [0.5, 0.6) is 0 Å². The van der Waals surface area contributed by atoms with Crippen molar-refractivity contribution in [2.75, 3.05) is 49.3 Å². The summed E-state index contributed by atoms with van der Waals surface area (Å²) in [5.74, 6) is 0.538. The van der Waals surface area contributed by atoms with Gasteiger partial charge in [0.2, 0.25) is 5.95 Å². The first-order chi connectivity index (χ1) is 19.2. The molecule has 0 bridgehead atoms. The number of hydrogen-bond donors (Lipinski definition) is 2. The highest BCUT2D eigenvalue weighted by Gasteiger charge is 2.36. The van der Waals surface area contributed by atoms with E-state index in [2.05, 4.69) is 68.4 Å². The van der Waals surface area contributed by atoms with Gasteiger partial charge in [-0.25, -0.2) is 4.52 Å². The second kappa shape index (κ2) is 11.3. The Labute approximate surface area is 232 Å². The predicted molar refractivity (Wildman–Crippen MR) is 153 cm³/mol. The van der Waals surface area contributed by atoms with E-state index in [4.69, 9.17) is 9.72 Å². The molecule has 2 N–H and O–H groups in total. The van der Waals surface area contributed by atoms with Gasteiger partial charge in [0, 0.05) is 48.8 Å². The molecule has 0 spiro atoms. The molecule has 2 aliphatic rings. The van der Waals surface area contributed by atoms with Crippen LogP contribution in [0.3, 0.4) is 0 Å². The van der Waals surface area contributed by atoms with Crippen molar-refractivity contribution in [1.82, 2.24) is 29.7 Å². The number of aromatic nitrogens is 5.